The summed E-state index contributed by atoms with van der Waals surface area (Å²) in [4.78, 5) is 17.1. The van der Waals surface area contributed by atoms with Crippen molar-refractivity contribution in [1.29, 1.82) is 0 Å². The van der Waals surface area contributed by atoms with Gasteiger partial charge in [-0.2, -0.15) is 0 Å². The molecule has 2 aromatic carbocycles. The summed E-state index contributed by atoms with van der Waals surface area (Å²) in [5.74, 6) is 0.0531. The van der Waals surface area contributed by atoms with Gasteiger partial charge in [-0.05, 0) is 36.8 Å². The van der Waals surface area contributed by atoms with Crippen molar-refractivity contribution in [2.45, 2.75) is 19.5 Å². The van der Waals surface area contributed by atoms with E-state index in [0.717, 1.165) is 43.4 Å². The van der Waals surface area contributed by atoms with Crippen molar-refractivity contribution in [2.24, 2.45) is 0 Å². The Labute approximate surface area is 154 Å². The zero-order chi connectivity index (χ0) is 17.6. The molecule has 0 saturated carbocycles. The standard InChI is InChI=1S/C20H24ClN3O/c1-16(20(25)22-19-5-3-2-4-6-19)24-13-11-23(12-14-24)15-17-7-9-18(21)10-8-17/h2-10,16H,11-15H2,1H3,(H,22,25). The third-order valence-electron chi connectivity index (χ3n) is 4.69. The van der Waals surface area contributed by atoms with E-state index in [0.29, 0.717) is 0 Å². The predicted octanol–water partition coefficient (Wildman–Crippen LogP) is 3.48. The minimum absolute atomic E-state index is 0.0531. The van der Waals surface area contributed by atoms with E-state index >= 15 is 0 Å². The molecule has 3 rings (SSSR count). The summed E-state index contributed by atoms with van der Waals surface area (Å²) < 4.78 is 0. The molecule has 2 aromatic rings. The molecular weight excluding hydrogens is 334 g/mol. The normalized spacial score (nSPS) is 17.2. The maximum atomic E-state index is 12.4. The molecule has 5 heteroatoms. The van der Waals surface area contributed by atoms with Crippen LogP contribution in [-0.2, 0) is 11.3 Å². The van der Waals surface area contributed by atoms with Crippen LogP contribution in [-0.4, -0.2) is 47.9 Å². The maximum absolute atomic E-state index is 12.4. The fraction of sp³-hybridized carbons (Fsp3) is 0.350. The first-order valence-electron chi connectivity index (χ1n) is 8.68. The van der Waals surface area contributed by atoms with Crippen molar-refractivity contribution in [3.8, 4) is 0 Å². The van der Waals surface area contributed by atoms with Crippen LogP contribution in [0.2, 0.25) is 5.02 Å². The van der Waals surface area contributed by atoms with Gasteiger partial charge >= 0.3 is 0 Å². The lowest BCUT2D eigenvalue weighted by Crippen LogP contribution is -2.52. The second-order valence-corrected chi connectivity index (χ2v) is 6.91. The fourth-order valence-electron chi connectivity index (χ4n) is 3.09. The van der Waals surface area contributed by atoms with E-state index in [1.165, 1.54) is 5.56 Å². The number of hydrogen-bond donors (Lipinski definition) is 1. The van der Waals surface area contributed by atoms with Crippen LogP contribution in [0.3, 0.4) is 0 Å². The Hall–Kier alpha value is -1.88. The second-order valence-electron chi connectivity index (χ2n) is 6.47. The number of nitrogens with zero attached hydrogens (tertiary/aromatic N) is 2. The van der Waals surface area contributed by atoms with Gasteiger partial charge in [-0.1, -0.05) is 41.9 Å². The number of amides is 1. The van der Waals surface area contributed by atoms with Gasteiger partial charge in [0.25, 0.3) is 0 Å². The second kappa shape index (κ2) is 8.48. The Kier molecular flexibility index (Phi) is 6.08. The first-order valence-corrected chi connectivity index (χ1v) is 9.06. The number of anilines is 1. The molecule has 132 valence electrons. The van der Waals surface area contributed by atoms with Gasteiger partial charge in [-0.25, -0.2) is 0 Å². The van der Waals surface area contributed by atoms with E-state index in [9.17, 15) is 4.79 Å². The topological polar surface area (TPSA) is 35.6 Å². The van der Waals surface area contributed by atoms with Crippen LogP contribution in [0.4, 0.5) is 5.69 Å². The van der Waals surface area contributed by atoms with Gasteiger partial charge in [0.1, 0.15) is 0 Å². The Balaban J connectivity index is 1.47. The molecule has 0 aromatic heterocycles. The molecule has 4 nitrogen and oxygen atoms in total. The largest absolute Gasteiger partial charge is 0.325 e. The Bertz CT molecular complexity index is 682. The molecule has 1 amide bonds. The van der Waals surface area contributed by atoms with Crippen LogP contribution in [0.1, 0.15) is 12.5 Å². The van der Waals surface area contributed by atoms with Gasteiger partial charge in [0.2, 0.25) is 5.91 Å². The van der Waals surface area contributed by atoms with Crippen molar-refractivity contribution in [3.63, 3.8) is 0 Å². The van der Waals surface area contributed by atoms with Gasteiger partial charge in [-0.3, -0.25) is 14.6 Å². The third-order valence-corrected chi connectivity index (χ3v) is 4.95. The summed E-state index contributed by atoms with van der Waals surface area (Å²) in [5, 5.41) is 3.76. The average molecular weight is 358 g/mol. The number of carbonyl (C=O) groups is 1. The van der Waals surface area contributed by atoms with Crippen molar-refractivity contribution < 1.29 is 4.79 Å². The molecular formula is C20H24ClN3O. The fourth-order valence-corrected chi connectivity index (χ4v) is 3.22. The molecule has 25 heavy (non-hydrogen) atoms. The summed E-state index contributed by atoms with van der Waals surface area (Å²) in [5.41, 5.74) is 2.12. The van der Waals surface area contributed by atoms with E-state index < -0.39 is 0 Å². The minimum Gasteiger partial charge on any atom is -0.325 e. The highest BCUT2D eigenvalue weighted by Gasteiger charge is 2.25. The van der Waals surface area contributed by atoms with Crippen molar-refractivity contribution in [2.75, 3.05) is 31.5 Å². The lowest BCUT2D eigenvalue weighted by atomic mass is 10.1. The van der Waals surface area contributed by atoms with Gasteiger partial charge in [0.05, 0.1) is 6.04 Å². The number of hydrogen-bond acceptors (Lipinski definition) is 3. The number of benzene rings is 2. The number of halogens is 1. The SMILES string of the molecule is CC(C(=O)Nc1ccccc1)N1CCN(Cc2ccc(Cl)cc2)CC1. The van der Waals surface area contributed by atoms with Crippen LogP contribution in [0.5, 0.6) is 0 Å². The molecule has 1 aliphatic rings. The molecule has 1 unspecified atom stereocenters. The number of rotatable bonds is 5. The summed E-state index contributed by atoms with van der Waals surface area (Å²) in [6.45, 7) is 6.63. The van der Waals surface area contributed by atoms with Crippen molar-refractivity contribution in [1.82, 2.24) is 9.80 Å². The average Bonchev–Trinajstić information content (AvgIpc) is 2.64. The Morgan fingerprint density at radius 2 is 1.68 bits per heavy atom. The highest BCUT2D eigenvalue weighted by Crippen LogP contribution is 2.14. The lowest BCUT2D eigenvalue weighted by Gasteiger charge is -2.37. The smallest absolute Gasteiger partial charge is 0.241 e. The molecule has 0 bridgehead atoms. The zero-order valence-corrected chi connectivity index (χ0v) is 15.2. The lowest BCUT2D eigenvalue weighted by molar-refractivity contribution is -0.121. The highest BCUT2D eigenvalue weighted by molar-refractivity contribution is 6.30. The van der Waals surface area contributed by atoms with E-state index in [2.05, 4.69) is 27.2 Å². The summed E-state index contributed by atoms with van der Waals surface area (Å²) >= 11 is 5.94. The highest BCUT2D eigenvalue weighted by atomic mass is 35.5. The van der Waals surface area contributed by atoms with Gasteiger partial charge < -0.3 is 5.32 Å². The van der Waals surface area contributed by atoms with Gasteiger partial charge in [0, 0.05) is 43.4 Å². The van der Waals surface area contributed by atoms with Gasteiger partial charge in [0.15, 0.2) is 0 Å². The van der Waals surface area contributed by atoms with Crippen LogP contribution in [0, 0.1) is 0 Å². The molecule has 1 saturated heterocycles. The number of para-hydroxylation sites is 1. The van der Waals surface area contributed by atoms with E-state index in [1.54, 1.807) is 0 Å². The van der Waals surface area contributed by atoms with E-state index in [1.807, 2.05) is 49.4 Å². The van der Waals surface area contributed by atoms with Crippen LogP contribution >= 0.6 is 11.6 Å². The zero-order valence-electron chi connectivity index (χ0n) is 14.5. The maximum Gasteiger partial charge on any atom is 0.241 e. The molecule has 1 heterocycles. The minimum atomic E-state index is -0.127. The van der Waals surface area contributed by atoms with E-state index in [-0.39, 0.29) is 11.9 Å². The molecule has 0 radical (unpaired) electrons. The summed E-state index contributed by atoms with van der Waals surface area (Å²) in [6, 6.07) is 17.5. The molecule has 1 atom stereocenters. The van der Waals surface area contributed by atoms with E-state index in [4.69, 9.17) is 11.6 Å². The molecule has 0 spiro atoms. The Morgan fingerprint density at radius 3 is 2.32 bits per heavy atom. The van der Waals surface area contributed by atoms with Crippen LogP contribution in [0.15, 0.2) is 54.6 Å². The first kappa shape index (κ1) is 17.9. The number of nitrogens with one attached hydrogen (secondary N) is 1. The summed E-state index contributed by atoms with van der Waals surface area (Å²) in [6.07, 6.45) is 0. The molecule has 1 N–H and O–H groups in total. The molecule has 0 aliphatic carbocycles. The quantitative estimate of drug-likeness (QED) is 0.889. The van der Waals surface area contributed by atoms with Crippen LogP contribution in [0.25, 0.3) is 0 Å². The third kappa shape index (κ3) is 5.05. The number of carbonyl (C=O) groups excluding carboxylic acids is 1. The number of piperazine rings is 1. The summed E-state index contributed by atoms with van der Waals surface area (Å²) in [7, 11) is 0. The van der Waals surface area contributed by atoms with Gasteiger partial charge in [-0.15, -0.1) is 0 Å². The van der Waals surface area contributed by atoms with Crippen molar-refractivity contribution in [3.05, 3.63) is 65.2 Å². The molecule has 1 fully saturated rings. The van der Waals surface area contributed by atoms with Crippen LogP contribution < -0.4 is 5.32 Å². The monoisotopic (exact) mass is 357 g/mol. The van der Waals surface area contributed by atoms with Crippen molar-refractivity contribution >= 4 is 23.2 Å². The Morgan fingerprint density at radius 1 is 1.04 bits per heavy atom. The predicted molar refractivity (Wildman–Crippen MR) is 103 cm³/mol. The first-order chi connectivity index (χ1) is 12.1. The molecule has 1 aliphatic heterocycles.